The molecule has 2 aromatic heterocycles. The van der Waals surface area contributed by atoms with E-state index in [2.05, 4.69) is 10.6 Å². The van der Waals surface area contributed by atoms with Crippen LogP contribution in [0.25, 0.3) is 11.6 Å². The summed E-state index contributed by atoms with van der Waals surface area (Å²) in [5, 5.41) is 8.51. The van der Waals surface area contributed by atoms with Gasteiger partial charge in [0.1, 0.15) is 0 Å². The molecule has 0 fully saturated rings. The SMILES string of the molecule is CC(C)CCNC(=O)NC(=O)COC(=O)/C(=C/c1cccs1)c1cccs1. The molecule has 0 aliphatic rings. The lowest BCUT2D eigenvalue weighted by molar-refractivity contribution is -0.142. The van der Waals surface area contributed by atoms with E-state index in [1.54, 1.807) is 6.08 Å². The van der Waals surface area contributed by atoms with Crippen LogP contribution in [0.3, 0.4) is 0 Å². The zero-order valence-electron chi connectivity index (χ0n) is 15.2. The molecular weight excluding hydrogens is 384 g/mol. The van der Waals surface area contributed by atoms with Crippen LogP contribution in [0.1, 0.15) is 30.0 Å². The van der Waals surface area contributed by atoms with Crippen molar-refractivity contribution in [3.8, 4) is 0 Å². The maximum absolute atomic E-state index is 12.4. The van der Waals surface area contributed by atoms with Crippen LogP contribution in [0.2, 0.25) is 0 Å². The van der Waals surface area contributed by atoms with E-state index in [1.165, 1.54) is 22.7 Å². The predicted octanol–water partition coefficient (Wildman–Crippen LogP) is 3.77. The van der Waals surface area contributed by atoms with Crippen molar-refractivity contribution in [1.29, 1.82) is 0 Å². The molecule has 2 aromatic rings. The molecule has 0 bridgehead atoms. The van der Waals surface area contributed by atoms with E-state index in [9.17, 15) is 14.4 Å². The van der Waals surface area contributed by atoms with Crippen LogP contribution < -0.4 is 10.6 Å². The van der Waals surface area contributed by atoms with Gasteiger partial charge in [0.05, 0.1) is 5.57 Å². The zero-order valence-corrected chi connectivity index (χ0v) is 16.8. The number of thiophene rings is 2. The van der Waals surface area contributed by atoms with E-state index in [-0.39, 0.29) is 0 Å². The molecule has 0 saturated heterocycles. The highest BCUT2D eigenvalue weighted by atomic mass is 32.1. The van der Waals surface area contributed by atoms with E-state index in [0.717, 1.165) is 16.2 Å². The van der Waals surface area contributed by atoms with Crippen molar-refractivity contribution < 1.29 is 19.1 Å². The first-order valence-corrected chi connectivity index (χ1v) is 10.3. The highest BCUT2D eigenvalue weighted by Crippen LogP contribution is 2.25. The Morgan fingerprint density at radius 1 is 1.15 bits per heavy atom. The van der Waals surface area contributed by atoms with Gasteiger partial charge >= 0.3 is 12.0 Å². The summed E-state index contributed by atoms with van der Waals surface area (Å²) in [6.07, 6.45) is 2.55. The molecule has 144 valence electrons. The first-order chi connectivity index (χ1) is 13.0. The summed E-state index contributed by atoms with van der Waals surface area (Å²) >= 11 is 2.90. The van der Waals surface area contributed by atoms with Crippen LogP contribution >= 0.6 is 22.7 Å². The van der Waals surface area contributed by atoms with Gasteiger partial charge in [0, 0.05) is 16.3 Å². The number of urea groups is 1. The Kier molecular flexibility index (Phi) is 8.22. The summed E-state index contributed by atoms with van der Waals surface area (Å²) in [7, 11) is 0. The van der Waals surface area contributed by atoms with Crippen molar-refractivity contribution in [3.05, 3.63) is 44.8 Å². The topological polar surface area (TPSA) is 84.5 Å². The van der Waals surface area contributed by atoms with Gasteiger partial charge in [-0.3, -0.25) is 10.1 Å². The van der Waals surface area contributed by atoms with Gasteiger partial charge in [0.15, 0.2) is 6.61 Å². The number of carbonyl (C=O) groups is 3. The molecule has 2 rings (SSSR count). The Balaban J connectivity index is 1.88. The number of imide groups is 1. The van der Waals surface area contributed by atoms with Gasteiger partial charge in [-0.25, -0.2) is 9.59 Å². The summed E-state index contributed by atoms with van der Waals surface area (Å²) in [4.78, 5) is 37.5. The van der Waals surface area contributed by atoms with Gasteiger partial charge in [-0.1, -0.05) is 26.0 Å². The molecule has 0 aliphatic heterocycles. The fraction of sp³-hybridized carbons (Fsp3) is 0.316. The lowest BCUT2D eigenvalue weighted by Crippen LogP contribution is -2.42. The number of amides is 3. The number of carbonyl (C=O) groups excluding carboxylic acids is 3. The summed E-state index contributed by atoms with van der Waals surface area (Å²) in [5.74, 6) is -0.832. The third-order valence-corrected chi connectivity index (χ3v) is 5.15. The fourth-order valence-corrected chi connectivity index (χ4v) is 3.46. The van der Waals surface area contributed by atoms with Crippen molar-refractivity contribution in [1.82, 2.24) is 10.6 Å². The highest BCUT2D eigenvalue weighted by molar-refractivity contribution is 7.12. The van der Waals surface area contributed by atoms with Crippen LogP contribution in [0.4, 0.5) is 4.79 Å². The Morgan fingerprint density at radius 3 is 2.52 bits per heavy atom. The van der Waals surface area contributed by atoms with Crippen molar-refractivity contribution in [2.45, 2.75) is 20.3 Å². The van der Waals surface area contributed by atoms with Gasteiger partial charge < -0.3 is 10.1 Å². The van der Waals surface area contributed by atoms with Crippen LogP contribution in [-0.4, -0.2) is 31.1 Å². The van der Waals surface area contributed by atoms with E-state index >= 15 is 0 Å². The Hall–Kier alpha value is -2.45. The smallest absolute Gasteiger partial charge is 0.340 e. The number of hydrogen-bond donors (Lipinski definition) is 2. The van der Waals surface area contributed by atoms with Crippen LogP contribution in [-0.2, 0) is 14.3 Å². The monoisotopic (exact) mass is 406 g/mol. The Morgan fingerprint density at radius 2 is 1.89 bits per heavy atom. The number of ether oxygens (including phenoxy) is 1. The van der Waals surface area contributed by atoms with Gasteiger partial charge in [-0.2, -0.15) is 0 Å². The maximum atomic E-state index is 12.4. The number of hydrogen-bond acceptors (Lipinski definition) is 6. The first-order valence-electron chi connectivity index (χ1n) is 8.49. The highest BCUT2D eigenvalue weighted by Gasteiger charge is 2.17. The second-order valence-electron chi connectivity index (χ2n) is 6.11. The Labute approximate surface area is 166 Å². The van der Waals surface area contributed by atoms with E-state index in [0.29, 0.717) is 18.0 Å². The molecule has 0 saturated carbocycles. The normalized spacial score (nSPS) is 11.3. The minimum Gasteiger partial charge on any atom is -0.452 e. The number of esters is 1. The number of nitrogens with one attached hydrogen (secondary N) is 2. The van der Waals surface area contributed by atoms with Gasteiger partial charge in [0.25, 0.3) is 5.91 Å². The molecule has 0 atom stereocenters. The molecule has 0 aromatic carbocycles. The molecule has 6 nitrogen and oxygen atoms in total. The van der Waals surface area contributed by atoms with E-state index in [1.807, 2.05) is 48.9 Å². The van der Waals surface area contributed by atoms with E-state index < -0.39 is 24.5 Å². The van der Waals surface area contributed by atoms with Gasteiger partial charge in [-0.05, 0) is 41.3 Å². The lowest BCUT2D eigenvalue weighted by atomic mass is 10.1. The molecule has 0 aliphatic carbocycles. The maximum Gasteiger partial charge on any atom is 0.340 e. The molecular formula is C19H22N2O4S2. The molecule has 27 heavy (non-hydrogen) atoms. The standard InChI is InChI=1S/C19H22N2O4S2/c1-13(2)7-8-20-19(24)21-17(22)12-25-18(23)15(16-6-4-10-27-16)11-14-5-3-9-26-14/h3-6,9-11,13H,7-8,12H2,1-2H3,(H2,20,21,22,24)/b15-11+. The second kappa shape index (κ2) is 10.6. The minimum absolute atomic E-state index is 0.377. The van der Waals surface area contributed by atoms with E-state index in [4.69, 9.17) is 4.74 Å². The average Bonchev–Trinajstić information content (AvgIpc) is 3.30. The Bertz CT molecular complexity index is 781. The third kappa shape index (κ3) is 7.36. The molecule has 0 radical (unpaired) electrons. The molecule has 0 spiro atoms. The van der Waals surface area contributed by atoms with Crippen molar-refractivity contribution in [3.63, 3.8) is 0 Å². The minimum atomic E-state index is -0.674. The molecule has 2 heterocycles. The van der Waals surface area contributed by atoms with Gasteiger partial charge in [0.2, 0.25) is 0 Å². The predicted molar refractivity (Wildman–Crippen MR) is 108 cm³/mol. The summed E-state index contributed by atoms with van der Waals surface area (Å²) < 4.78 is 5.09. The average molecular weight is 407 g/mol. The molecule has 3 amide bonds. The summed E-state index contributed by atoms with van der Waals surface area (Å²) in [5.41, 5.74) is 0.377. The summed E-state index contributed by atoms with van der Waals surface area (Å²) in [6, 6.07) is 6.83. The summed E-state index contributed by atoms with van der Waals surface area (Å²) in [6.45, 7) is 4.03. The number of rotatable bonds is 8. The fourth-order valence-electron chi connectivity index (χ4n) is 2.07. The molecule has 0 unspecified atom stereocenters. The van der Waals surface area contributed by atoms with Crippen molar-refractivity contribution >= 4 is 52.2 Å². The van der Waals surface area contributed by atoms with Crippen molar-refractivity contribution in [2.75, 3.05) is 13.2 Å². The first kappa shape index (κ1) is 20.9. The second-order valence-corrected chi connectivity index (χ2v) is 8.04. The molecule has 2 N–H and O–H groups in total. The lowest BCUT2D eigenvalue weighted by Gasteiger charge is -2.09. The van der Waals surface area contributed by atoms with Crippen LogP contribution in [0.5, 0.6) is 0 Å². The zero-order chi connectivity index (χ0) is 19.6. The van der Waals surface area contributed by atoms with Crippen LogP contribution in [0.15, 0.2) is 35.0 Å². The third-order valence-electron chi connectivity index (χ3n) is 3.43. The van der Waals surface area contributed by atoms with Gasteiger partial charge in [-0.15, -0.1) is 22.7 Å². The van der Waals surface area contributed by atoms with Crippen molar-refractivity contribution in [2.24, 2.45) is 5.92 Å². The molecule has 8 heteroatoms. The largest absolute Gasteiger partial charge is 0.452 e. The quantitative estimate of drug-likeness (QED) is 0.516. The van der Waals surface area contributed by atoms with Crippen LogP contribution in [0, 0.1) is 5.92 Å².